The van der Waals surface area contributed by atoms with Crippen LogP contribution in [-0.2, 0) is 12.0 Å². The molecule has 2 heterocycles. The minimum Gasteiger partial charge on any atom is -0.497 e. The zero-order valence-corrected chi connectivity index (χ0v) is 18.8. The van der Waals surface area contributed by atoms with E-state index in [2.05, 4.69) is 34.8 Å². The van der Waals surface area contributed by atoms with Gasteiger partial charge in [-0.25, -0.2) is 4.98 Å². The van der Waals surface area contributed by atoms with Gasteiger partial charge in [0.2, 0.25) is 5.82 Å². The molecule has 0 saturated heterocycles. The molecule has 5 nitrogen and oxygen atoms in total. The fourth-order valence-electron chi connectivity index (χ4n) is 4.36. The maximum Gasteiger partial charge on any atom is 0.294 e. The summed E-state index contributed by atoms with van der Waals surface area (Å²) in [5.41, 5.74) is 1.82. The van der Waals surface area contributed by atoms with Crippen LogP contribution in [0.2, 0.25) is 5.15 Å². The molecule has 0 spiro atoms. The van der Waals surface area contributed by atoms with Gasteiger partial charge in [0.05, 0.1) is 12.8 Å². The first-order valence-corrected chi connectivity index (χ1v) is 11.0. The molecular weight excluding hydrogens is 442 g/mol. The van der Waals surface area contributed by atoms with Crippen molar-refractivity contribution in [1.82, 2.24) is 9.55 Å². The van der Waals surface area contributed by atoms with Crippen molar-refractivity contribution < 1.29 is 4.74 Å². The minimum atomic E-state index is -0.228. The van der Waals surface area contributed by atoms with Crippen molar-refractivity contribution in [2.24, 2.45) is 5.92 Å². The van der Waals surface area contributed by atoms with Gasteiger partial charge in [0.15, 0.2) is 0 Å². The SMILES string of the molecule is CC[C@](C)(C1CC1)n1cc(Cl)nc(N2CCCc3cc(OC)cc(Br)c32)c1=O. The van der Waals surface area contributed by atoms with Crippen LogP contribution in [0.25, 0.3) is 0 Å². The highest BCUT2D eigenvalue weighted by Gasteiger charge is 2.43. The van der Waals surface area contributed by atoms with Crippen LogP contribution in [0.4, 0.5) is 11.5 Å². The third kappa shape index (κ3) is 3.24. The third-order valence-corrected chi connectivity index (χ3v) is 7.07. The summed E-state index contributed by atoms with van der Waals surface area (Å²) < 4.78 is 8.14. The second-order valence-corrected chi connectivity index (χ2v) is 9.16. The van der Waals surface area contributed by atoms with Gasteiger partial charge in [-0.05, 0) is 78.6 Å². The van der Waals surface area contributed by atoms with Gasteiger partial charge < -0.3 is 14.2 Å². The van der Waals surface area contributed by atoms with Crippen LogP contribution < -0.4 is 15.2 Å². The highest BCUT2D eigenvalue weighted by Crippen LogP contribution is 2.46. The first-order chi connectivity index (χ1) is 13.4. The Morgan fingerprint density at radius 3 is 2.79 bits per heavy atom. The molecule has 7 heteroatoms. The Morgan fingerprint density at radius 2 is 2.14 bits per heavy atom. The Bertz CT molecular complexity index is 973. The third-order valence-electron chi connectivity index (χ3n) is 6.29. The Hall–Kier alpha value is -1.53. The van der Waals surface area contributed by atoms with E-state index in [0.29, 0.717) is 16.9 Å². The Kier molecular flexibility index (Phi) is 5.21. The van der Waals surface area contributed by atoms with E-state index in [-0.39, 0.29) is 11.1 Å². The molecule has 1 saturated carbocycles. The predicted octanol–water partition coefficient (Wildman–Crippen LogP) is 5.29. The summed E-state index contributed by atoms with van der Waals surface area (Å²) in [6, 6.07) is 3.97. The largest absolute Gasteiger partial charge is 0.497 e. The lowest BCUT2D eigenvalue weighted by molar-refractivity contribution is 0.251. The molecule has 0 amide bonds. The number of aryl methyl sites for hydroxylation is 1. The van der Waals surface area contributed by atoms with Crippen LogP contribution in [0, 0.1) is 5.92 Å². The van der Waals surface area contributed by atoms with Crippen LogP contribution in [0.15, 0.2) is 27.6 Å². The van der Waals surface area contributed by atoms with Gasteiger partial charge in [-0.1, -0.05) is 18.5 Å². The van der Waals surface area contributed by atoms with E-state index in [9.17, 15) is 4.79 Å². The number of benzene rings is 1. The van der Waals surface area contributed by atoms with Crippen molar-refractivity contribution in [1.29, 1.82) is 0 Å². The Labute approximate surface area is 178 Å². The first kappa shape index (κ1) is 19.8. The van der Waals surface area contributed by atoms with E-state index in [1.165, 1.54) is 0 Å². The Morgan fingerprint density at radius 1 is 1.39 bits per heavy atom. The molecule has 28 heavy (non-hydrogen) atoms. The number of ether oxygens (including phenoxy) is 1. The Balaban J connectivity index is 1.87. The second kappa shape index (κ2) is 7.38. The topological polar surface area (TPSA) is 47.4 Å². The highest BCUT2D eigenvalue weighted by molar-refractivity contribution is 9.10. The van der Waals surface area contributed by atoms with E-state index >= 15 is 0 Å². The van der Waals surface area contributed by atoms with Crippen molar-refractivity contribution in [3.05, 3.63) is 43.9 Å². The molecule has 4 rings (SSSR count). The van der Waals surface area contributed by atoms with Crippen LogP contribution in [0.1, 0.15) is 45.1 Å². The lowest BCUT2D eigenvalue weighted by Crippen LogP contribution is -2.43. The molecule has 1 fully saturated rings. The number of fused-ring (bicyclic) bond motifs is 1. The number of halogens is 2. The average molecular weight is 467 g/mol. The van der Waals surface area contributed by atoms with E-state index < -0.39 is 0 Å². The number of rotatable bonds is 5. The summed E-state index contributed by atoms with van der Waals surface area (Å²) in [4.78, 5) is 20.0. The van der Waals surface area contributed by atoms with Gasteiger partial charge in [0.1, 0.15) is 10.9 Å². The summed E-state index contributed by atoms with van der Waals surface area (Å²) >= 11 is 10.1. The van der Waals surface area contributed by atoms with Crippen molar-refractivity contribution >= 4 is 39.0 Å². The molecule has 0 unspecified atom stereocenters. The zero-order valence-electron chi connectivity index (χ0n) is 16.5. The summed E-state index contributed by atoms with van der Waals surface area (Å²) in [5.74, 6) is 1.72. The van der Waals surface area contributed by atoms with Crippen molar-refractivity contribution in [2.75, 3.05) is 18.6 Å². The number of hydrogen-bond acceptors (Lipinski definition) is 4. The number of anilines is 2. The van der Waals surface area contributed by atoms with Gasteiger partial charge in [0.25, 0.3) is 5.56 Å². The molecule has 2 aliphatic rings. The molecule has 1 aliphatic heterocycles. The molecule has 1 aromatic heterocycles. The molecule has 1 atom stereocenters. The maximum absolute atomic E-state index is 13.6. The van der Waals surface area contributed by atoms with Gasteiger partial charge in [-0.15, -0.1) is 0 Å². The second-order valence-electron chi connectivity index (χ2n) is 7.92. The van der Waals surface area contributed by atoms with E-state index in [4.69, 9.17) is 16.3 Å². The number of hydrogen-bond donors (Lipinski definition) is 0. The molecule has 0 N–H and O–H groups in total. The summed E-state index contributed by atoms with van der Waals surface area (Å²) in [5, 5.41) is 0.353. The zero-order chi connectivity index (χ0) is 20.1. The molecule has 2 aromatic rings. The van der Waals surface area contributed by atoms with Crippen molar-refractivity contribution in [2.45, 2.75) is 51.5 Å². The monoisotopic (exact) mass is 465 g/mol. The average Bonchev–Trinajstić information content (AvgIpc) is 3.54. The van der Waals surface area contributed by atoms with E-state index in [0.717, 1.165) is 60.1 Å². The fourth-order valence-corrected chi connectivity index (χ4v) is 5.23. The standard InChI is InChI=1S/C21H25BrClN3O2/c1-4-21(2,14-7-8-14)26-12-17(23)24-19(20(26)27)25-9-5-6-13-10-15(28-3)11-16(22)18(13)25/h10-12,14H,4-9H2,1-3H3/t21-/m1/s1. The highest BCUT2D eigenvalue weighted by atomic mass is 79.9. The van der Waals surface area contributed by atoms with Crippen LogP contribution in [0.3, 0.4) is 0 Å². The molecule has 0 bridgehead atoms. The summed E-state index contributed by atoms with van der Waals surface area (Å²) in [6.07, 6.45) is 6.78. The van der Waals surface area contributed by atoms with E-state index in [1.54, 1.807) is 13.3 Å². The normalized spacial score (nSPS) is 18.5. The van der Waals surface area contributed by atoms with Crippen LogP contribution >= 0.6 is 27.5 Å². The van der Waals surface area contributed by atoms with Crippen molar-refractivity contribution in [3.8, 4) is 5.75 Å². The van der Waals surface area contributed by atoms with Gasteiger partial charge >= 0.3 is 0 Å². The summed E-state index contributed by atoms with van der Waals surface area (Å²) in [7, 11) is 1.66. The van der Waals surface area contributed by atoms with Crippen molar-refractivity contribution in [3.63, 3.8) is 0 Å². The number of aromatic nitrogens is 2. The van der Waals surface area contributed by atoms with E-state index in [1.807, 2.05) is 21.6 Å². The number of methoxy groups -OCH3 is 1. The van der Waals surface area contributed by atoms with Gasteiger partial charge in [-0.2, -0.15) is 0 Å². The van der Waals surface area contributed by atoms with Gasteiger partial charge in [-0.3, -0.25) is 4.79 Å². The van der Waals surface area contributed by atoms with Gasteiger partial charge in [0, 0.05) is 22.8 Å². The number of nitrogens with zero attached hydrogens (tertiary/aromatic N) is 3. The first-order valence-electron chi connectivity index (χ1n) is 9.82. The quantitative estimate of drug-likeness (QED) is 0.601. The lowest BCUT2D eigenvalue weighted by atomic mass is 9.92. The summed E-state index contributed by atoms with van der Waals surface area (Å²) in [6.45, 7) is 5.03. The molecular formula is C21H25BrClN3O2. The predicted molar refractivity (Wildman–Crippen MR) is 116 cm³/mol. The van der Waals surface area contributed by atoms with Crippen LogP contribution in [0.5, 0.6) is 5.75 Å². The molecule has 150 valence electrons. The molecule has 0 radical (unpaired) electrons. The molecule has 1 aliphatic carbocycles. The van der Waals surface area contributed by atoms with Crippen LogP contribution in [-0.4, -0.2) is 23.2 Å². The smallest absolute Gasteiger partial charge is 0.294 e. The maximum atomic E-state index is 13.6. The molecule has 1 aromatic carbocycles. The lowest BCUT2D eigenvalue weighted by Gasteiger charge is -2.35. The fraction of sp³-hybridized carbons (Fsp3) is 0.524. The minimum absolute atomic E-state index is 0.0729.